The highest BCUT2D eigenvalue weighted by Gasteiger charge is 2.20. The van der Waals surface area contributed by atoms with Crippen LogP contribution in [0.3, 0.4) is 0 Å². The number of nitrogens with zero attached hydrogens (tertiary/aromatic N) is 6. The van der Waals surface area contributed by atoms with Crippen LogP contribution in [-0.4, -0.2) is 23.9 Å². The second-order valence-corrected chi connectivity index (χ2v) is 6.45. The average molecular weight is 372 g/mol. The molecule has 0 aliphatic heterocycles. The Morgan fingerprint density at radius 3 is 2.64 bits per heavy atom. The number of hydrogen-bond acceptors (Lipinski definition) is 5. The second kappa shape index (κ2) is 6.63. The molecule has 1 aromatic carbocycles. The summed E-state index contributed by atoms with van der Waals surface area (Å²) in [5.74, 6) is 0. The lowest BCUT2D eigenvalue weighted by molar-refractivity contribution is 0.655. The minimum absolute atomic E-state index is 0.183. The zero-order valence-corrected chi connectivity index (χ0v) is 15.3. The van der Waals surface area contributed by atoms with E-state index in [0.29, 0.717) is 11.4 Å². The zero-order chi connectivity index (χ0) is 19.8. The van der Waals surface area contributed by atoms with Crippen molar-refractivity contribution in [3.05, 3.63) is 81.0 Å². The summed E-state index contributed by atoms with van der Waals surface area (Å²) in [6.45, 7) is 3.28. The monoisotopic (exact) mass is 372 g/mol. The standard InChI is InChI=1S/C20H16N6O2/c1-13-9-16(11-22-10-13)26-19(27)18(14(2)24(8-7-21)20(26)28)25-12-15-5-3-4-6-17(15)23-25/h3-6,9-12H,8H2,1-2H3. The fourth-order valence-electron chi connectivity index (χ4n) is 3.23. The van der Waals surface area contributed by atoms with Crippen LogP contribution in [-0.2, 0) is 6.54 Å². The van der Waals surface area contributed by atoms with E-state index in [2.05, 4.69) is 10.1 Å². The van der Waals surface area contributed by atoms with Crippen LogP contribution in [0.4, 0.5) is 0 Å². The van der Waals surface area contributed by atoms with Crippen molar-refractivity contribution in [2.24, 2.45) is 0 Å². The van der Waals surface area contributed by atoms with Gasteiger partial charge in [-0.3, -0.25) is 14.3 Å². The molecule has 8 nitrogen and oxygen atoms in total. The van der Waals surface area contributed by atoms with Gasteiger partial charge in [-0.25, -0.2) is 14.0 Å². The molecule has 3 heterocycles. The normalized spacial score (nSPS) is 10.9. The van der Waals surface area contributed by atoms with Crippen LogP contribution in [0.1, 0.15) is 11.3 Å². The van der Waals surface area contributed by atoms with Crippen molar-refractivity contribution in [1.82, 2.24) is 23.9 Å². The fourth-order valence-corrected chi connectivity index (χ4v) is 3.23. The van der Waals surface area contributed by atoms with E-state index in [1.165, 1.54) is 15.4 Å². The summed E-state index contributed by atoms with van der Waals surface area (Å²) in [6.07, 6.45) is 4.82. The highest BCUT2D eigenvalue weighted by atomic mass is 16.2. The van der Waals surface area contributed by atoms with Gasteiger partial charge in [-0.15, -0.1) is 0 Å². The third kappa shape index (κ3) is 2.70. The van der Waals surface area contributed by atoms with Crippen molar-refractivity contribution in [2.75, 3.05) is 0 Å². The number of pyridine rings is 1. The molecule has 4 rings (SSSR count). The van der Waals surface area contributed by atoms with Crippen LogP contribution in [0.5, 0.6) is 0 Å². The maximum atomic E-state index is 13.3. The highest BCUT2D eigenvalue weighted by molar-refractivity contribution is 5.78. The van der Waals surface area contributed by atoms with E-state index in [0.717, 1.165) is 21.0 Å². The Morgan fingerprint density at radius 1 is 1.14 bits per heavy atom. The number of aryl methyl sites for hydroxylation is 1. The summed E-state index contributed by atoms with van der Waals surface area (Å²) in [6, 6.07) is 11.2. The summed E-state index contributed by atoms with van der Waals surface area (Å²) in [5.41, 5.74) is 1.37. The molecule has 0 bridgehead atoms. The van der Waals surface area contributed by atoms with Gasteiger partial charge in [0.25, 0.3) is 5.56 Å². The van der Waals surface area contributed by atoms with Gasteiger partial charge in [0, 0.05) is 17.8 Å². The molecule has 3 aromatic heterocycles. The molecule has 4 aromatic rings. The van der Waals surface area contributed by atoms with Crippen LogP contribution in [0.2, 0.25) is 0 Å². The van der Waals surface area contributed by atoms with Crippen molar-refractivity contribution in [3.63, 3.8) is 0 Å². The number of aromatic nitrogens is 5. The van der Waals surface area contributed by atoms with Gasteiger partial charge >= 0.3 is 5.69 Å². The maximum Gasteiger partial charge on any atom is 0.336 e. The Kier molecular flexibility index (Phi) is 4.12. The van der Waals surface area contributed by atoms with Gasteiger partial charge in [0.15, 0.2) is 0 Å². The van der Waals surface area contributed by atoms with Gasteiger partial charge < -0.3 is 0 Å². The van der Waals surface area contributed by atoms with Crippen molar-refractivity contribution >= 4 is 10.9 Å². The number of rotatable bonds is 3. The van der Waals surface area contributed by atoms with Gasteiger partial charge in [0.2, 0.25) is 0 Å². The quantitative estimate of drug-likeness (QED) is 0.547. The number of nitriles is 1. The zero-order valence-electron chi connectivity index (χ0n) is 15.3. The molecule has 28 heavy (non-hydrogen) atoms. The minimum atomic E-state index is -0.586. The first-order valence-electron chi connectivity index (χ1n) is 8.61. The summed E-state index contributed by atoms with van der Waals surface area (Å²) in [7, 11) is 0. The first-order chi connectivity index (χ1) is 13.5. The minimum Gasteiger partial charge on any atom is -0.282 e. The lowest BCUT2D eigenvalue weighted by Gasteiger charge is -2.15. The molecule has 0 saturated heterocycles. The average Bonchev–Trinajstić information content (AvgIpc) is 3.09. The van der Waals surface area contributed by atoms with Crippen molar-refractivity contribution in [1.29, 1.82) is 5.26 Å². The molecule has 0 amide bonds. The van der Waals surface area contributed by atoms with Gasteiger partial charge in [0.1, 0.15) is 12.2 Å². The molecule has 0 spiro atoms. The molecular weight excluding hydrogens is 356 g/mol. The van der Waals surface area contributed by atoms with E-state index < -0.39 is 11.2 Å². The number of benzene rings is 1. The number of fused-ring (bicyclic) bond motifs is 1. The predicted molar refractivity (Wildman–Crippen MR) is 104 cm³/mol. The van der Waals surface area contributed by atoms with Crippen LogP contribution in [0, 0.1) is 25.2 Å². The second-order valence-electron chi connectivity index (χ2n) is 6.45. The van der Waals surface area contributed by atoms with Crippen LogP contribution in [0.15, 0.2) is 58.5 Å². The van der Waals surface area contributed by atoms with Gasteiger partial charge in [-0.1, -0.05) is 18.2 Å². The molecule has 0 aliphatic rings. The summed E-state index contributed by atoms with van der Waals surface area (Å²) < 4.78 is 3.77. The summed E-state index contributed by atoms with van der Waals surface area (Å²) >= 11 is 0. The first-order valence-corrected chi connectivity index (χ1v) is 8.61. The van der Waals surface area contributed by atoms with E-state index >= 15 is 0 Å². The molecule has 0 radical (unpaired) electrons. The Balaban J connectivity index is 2.10. The van der Waals surface area contributed by atoms with Crippen LogP contribution in [0.25, 0.3) is 22.3 Å². The van der Waals surface area contributed by atoms with Crippen molar-refractivity contribution in [3.8, 4) is 17.4 Å². The molecule has 0 atom stereocenters. The van der Waals surface area contributed by atoms with Crippen LogP contribution >= 0.6 is 0 Å². The molecular formula is C20H16N6O2. The molecule has 0 fully saturated rings. The lowest BCUT2D eigenvalue weighted by Crippen LogP contribution is -2.42. The van der Waals surface area contributed by atoms with Gasteiger partial charge in [-0.05, 0) is 31.5 Å². The van der Waals surface area contributed by atoms with E-state index in [1.807, 2.05) is 37.3 Å². The van der Waals surface area contributed by atoms with Crippen molar-refractivity contribution in [2.45, 2.75) is 20.4 Å². The molecule has 8 heteroatoms. The van der Waals surface area contributed by atoms with Gasteiger partial charge in [-0.2, -0.15) is 10.4 Å². The largest absolute Gasteiger partial charge is 0.336 e. The smallest absolute Gasteiger partial charge is 0.282 e. The van der Waals surface area contributed by atoms with E-state index in [4.69, 9.17) is 0 Å². The van der Waals surface area contributed by atoms with Crippen LogP contribution < -0.4 is 11.2 Å². The fraction of sp³-hybridized carbons (Fsp3) is 0.150. The molecule has 138 valence electrons. The lowest BCUT2D eigenvalue weighted by atomic mass is 10.2. The van der Waals surface area contributed by atoms with E-state index in [-0.39, 0.29) is 12.2 Å². The third-order valence-corrected chi connectivity index (χ3v) is 4.57. The summed E-state index contributed by atoms with van der Waals surface area (Å²) in [4.78, 5) is 30.4. The Bertz CT molecular complexity index is 1340. The third-order valence-electron chi connectivity index (χ3n) is 4.57. The topological polar surface area (TPSA) is 98.5 Å². The van der Waals surface area contributed by atoms with E-state index in [9.17, 15) is 14.9 Å². The molecule has 0 N–H and O–H groups in total. The summed E-state index contributed by atoms with van der Waals surface area (Å²) in [5, 5.41) is 14.5. The van der Waals surface area contributed by atoms with Crippen molar-refractivity contribution < 1.29 is 0 Å². The molecule has 0 aliphatic carbocycles. The Morgan fingerprint density at radius 2 is 1.93 bits per heavy atom. The maximum absolute atomic E-state index is 13.3. The SMILES string of the molecule is Cc1cncc(-n2c(=O)c(-n3cc4ccccc4n3)c(C)n(CC#N)c2=O)c1. The van der Waals surface area contributed by atoms with E-state index in [1.54, 1.807) is 25.4 Å². The predicted octanol–water partition coefficient (Wildman–Crippen LogP) is 1.87. The first kappa shape index (κ1) is 17.4. The molecule has 0 unspecified atom stereocenters. The highest BCUT2D eigenvalue weighted by Crippen LogP contribution is 2.16. The van der Waals surface area contributed by atoms with Gasteiger partial charge in [0.05, 0.1) is 29.2 Å². The molecule has 0 saturated carbocycles. The number of hydrogen-bond donors (Lipinski definition) is 0. The Hall–Kier alpha value is -3.99. The Labute approximate surface area is 159 Å².